The lowest BCUT2D eigenvalue weighted by molar-refractivity contribution is 1.17. The van der Waals surface area contributed by atoms with Crippen molar-refractivity contribution in [1.29, 1.82) is 0 Å². The predicted molar refractivity (Wildman–Crippen MR) is 69.9 cm³/mol. The van der Waals surface area contributed by atoms with E-state index < -0.39 is 0 Å². The van der Waals surface area contributed by atoms with Crippen LogP contribution in [0.5, 0.6) is 0 Å². The summed E-state index contributed by atoms with van der Waals surface area (Å²) in [4.78, 5) is 12.4. The van der Waals surface area contributed by atoms with Gasteiger partial charge in [-0.05, 0) is 24.3 Å². The minimum atomic E-state index is 0.418. The second kappa shape index (κ2) is 4.27. The molecule has 0 aliphatic rings. The van der Waals surface area contributed by atoms with Crippen molar-refractivity contribution < 1.29 is 0 Å². The van der Waals surface area contributed by atoms with Gasteiger partial charge in [-0.2, -0.15) is 0 Å². The number of halogens is 1. The zero-order chi connectivity index (χ0) is 11.7. The Morgan fingerprint density at radius 2 is 2.12 bits per heavy atom. The predicted octanol–water partition coefficient (Wildman–Crippen LogP) is 3.48. The molecule has 17 heavy (non-hydrogen) atoms. The number of benzene rings is 1. The van der Waals surface area contributed by atoms with Gasteiger partial charge in [-0.15, -0.1) is 11.3 Å². The number of rotatable bonds is 2. The molecule has 3 rings (SSSR count). The van der Waals surface area contributed by atoms with Crippen LogP contribution in [-0.4, -0.2) is 15.0 Å². The molecule has 4 nitrogen and oxygen atoms in total. The monoisotopic (exact) mass is 262 g/mol. The fraction of sp³-hybridized carbons (Fsp3) is 0. The van der Waals surface area contributed by atoms with Crippen LogP contribution in [0, 0.1) is 0 Å². The van der Waals surface area contributed by atoms with Crippen LogP contribution >= 0.6 is 22.9 Å². The Morgan fingerprint density at radius 1 is 1.18 bits per heavy atom. The highest BCUT2D eigenvalue weighted by molar-refractivity contribution is 7.16. The first-order chi connectivity index (χ1) is 8.31. The van der Waals surface area contributed by atoms with Gasteiger partial charge in [-0.3, -0.25) is 0 Å². The fourth-order valence-corrected chi connectivity index (χ4v) is 2.31. The molecule has 0 unspecified atom stereocenters. The molecule has 0 saturated carbocycles. The normalized spacial score (nSPS) is 10.6. The van der Waals surface area contributed by atoms with E-state index in [-0.39, 0.29) is 0 Å². The lowest BCUT2D eigenvalue weighted by atomic mass is 10.3. The molecule has 0 amide bonds. The van der Waals surface area contributed by atoms with E-state index in [1.807, 2.05) is 23.7 Å². The molecule has 0 spiro atoms. The summed E-state index contributed by atoms with van der Waals surface area (Å²) in [5, 5.41) is 3.52. The van der Waals surface area contributed by atoms with Gasteiger partial charge in [0.25, 0.3) is 0 Å². The van der Waals surface area contributed by atoms with E-state index in [0.29, 0.717) is 11.1 Å². The third kappa shape index (κ3) is 2.20. The quantitative estimate of drug-likeness (QED) is 0.719. The van der Waals surface area contributed by atoms with Gasteiger partial charge >= 0.3 is 0 Å². The second-order valence-corrected chi connectivity index (χ2v) is 4.64. The van der Waals surface area contributed by atoms with Crippen LogP contribution in [0.2, 0.25) is 5.15 Å². The summed E-state index contributed by atoms with van der Waals surface area (Å²) in [5.74, 6) is 0.487. The Kier molecular flexibility index (Phi) is 2.62. The van der Waals surface area contributed by atoms with Crippen molar-refractivity contribution in [2.45, 2.75) is 0 Å². The number of nitrogens with zero attached hydrogens (tertiary/aromatic N) is 3. The van der Waals surface area contributed by atoms with Crippen LogP contribution in [0.3, 0.4) is 0 Å². The number of nitrogens with one attached hydrogen (secondary N) is 1. The first-order valence-corrected chi connectivity index (χ1v) is 6.16. The second-order valence-electron chi connectivity index (χ2n) is 3.36. The van der Waals surface area contributed by atoms with Crippen molar-refractivity contribution in [3.8, 4) is 0 Å². The highest BCUT2D eigenvalue weighted by atomic mass is 35.5. The number of hydrogen-bond acceptors (Lipinski definition) is 5. The molecule has 2 heterocycles. The topological polar surface area (TPSA) is 50.7 Å². The van der Waals surface area contributed by atoms with E-state index in [9.17, 15) is 0 Å². The van der Waals surface area contributed by atoms with Crippen LogP contribution in [0.4, 0.5) is 11.6 Å². The molecular weight excluding hydrogens is 256 g/mol. The number of thiazole rings is 1. The Hall–Kier alpha value is -1.72. The zero-order valence-corrected chi connectivity index (χ0v) is 10.2. The molecule has 6 heteroatoms. The first kappa shape index (κ1) is 10.4. The van der Waals surface area contributed by atoms with Gasteiger partial charge in [-0.1, -0.05) is 11.6 Å². The lowest BCUT2D eigenvalue weighted by Crippen LogP contribution is -1.95. The van der Waals surface area contributed by atoms with Crippen LogP contribution in [-0.2, 0) is 0 Å². The smallest absolute Gasteiger partial charge is 0.228 e. The molecule has 3 aromatic rings. The van der Waals surface area contributed by atoms with Gasteiger partial charge in [0.05, 0.1) is 15.7 Å². The molecule has 0 atom stereocenters. The van der Waals surface area contributed by atoms with Crippen molar-refractivity contribution in [3.05, 3.63) is 41.1 Å². The third-order valence-electron chi connectivity index (χ3n) is 2.21. The van der Waals surface area contributed by atoms with Crippen molar-refractivity contribution in [3.63, 3.8) is 0 Å². The van der Waals surface area contributed by atoms with E-state index in [1.54, 1.807) is 23.6 Å². The van der Waals surface area contributed by atoms with Crippen molar-refractivity contribution in [2.24, 2.45) is 0 Å². The maximum atomic E-state index is 5.79. The molecule has 0 saturated heterocycles. The van der Waals surface area contributed by atoms with Gasteiger partial charge in [0.1, 0.15) is 5.15 Å². The minimum absolute atomic E-state index is 0.418. The Morgan fingerprint density at radius 3 is 3.00 bits per heavy atom. The summed E-state index contributed by atoms with van der Waals surface area (Å²) in [6, 6.07) is 7.54. The van der Waals surface area contributed by atoms with Gasteiger partial charge in [0.2, 0.25) is 5.95 Å². The standard InChI is InChI=1S/C11H7ClN4S/c12-10-3-4-13-11(16-10)15-7-1-2-8-9(5-7)17-6-14-8/h1-6H,(H,13,15,16). The molecule has 0 fully saturated rings. The summed E-state index contributed by atoms with van der Waals surface area (Å²) < 4.78 is 1.12. The molecule has 0 aliphatic carbocycles. The number of fused-ring (bicyclic) bond motifs is 1. The van der Waals surface area contributed by atoms with E-state index in [2.05, 4.69) is 20.3 Å². The molecule has 0 bridgehead atoms. The SMILES string of the molecule is Clc1ccnc(Nc2ccc3ncsc3c2)n1. The maximum Gasteiger partial charge on any atom is 0.228 e. The Balaban J connectivity index is 1.94. The number of hydrogen-bond donors (Lipinski definition) is 1. The van der Waals surface area contributed by atoms with Crippen LogP contribution in [0.15, 0.2) is 36.0 Å². The zero-order valence-electron chi connectivity index (χ0n) is 8.59. The number of anilines is 2. The molecule has 84 valence electrons. The molecule has 0 radical (unpaired) electrons. The summed E-state index contributed by atoms with van der Waals surface area (Å²) in [7, 11) is 0. The minimum Gasteiger partial charge on any atom is -0.324 e. The van der Waals surface area contributed by atoms with Crippen molar-refractivity contribution >= 4 is 44.8 Å². The highest BCUT2D eigenvalue weighted by Crippen LogP contribution is 2.23. The van der Waals surface area contributed by atoms with E-state index >= 15 is 0 Å². The van der Waals surface area contributed by atoms with E-state index in [4.69, 9.17) is 11.6 Å². The largest absolute Gasteiger partial charge is 0.324 e. The maximum absolute atomic E-state index is 5.79. The van der Waals surface area contributed by atoms with Crippen LogP contribution < -0.4 is 5.32 Å². The molecular formula is C11H7ClN4S. The average Bonchev–Trinajstić information content (AvgIpc) is 2.76. The van der Waals surface area contributed by atoms with Gasteiger partial charge in [-0.25, -0.2) is 15.0 Å². The van der Waals surface area contributed by atoms with Crippen molar-refractivity contribution in [1.82, 2.24) is 15.0 Å². The molecule has 1 aromatic carbocycles. The van der Waals surface area contributed by atoms with Gasteiger partial charge in [0, 0.05) is 11.9 Å². The first-order valence-electron chi connectivity index (χ1n) is 4.90. The Bertz CT molecular complexity index is 667. The number of aromatic nitrogens is 3. The Labute approximate surface area is 106 Å². The highest BCUT2D eigenvalue weighted by Gasteiger charge is 2.01. The third-order valence-corrected chi connectivity index (χ3v) is 3.21. The van der Waals surface area contributed by atoms with E-state index in [0.717, 1.165) is 15.9 Å². The summed E-state index contributed by atoms with van der Waals surface area (Å²) >= 11 is 7.39. The summed E-state index contributed by atoms with van der Waals surface area (Å²) in [6.07, 6.45) is 1.61. The molecule has 0 aliphatic heterocycles. The van der Waals surface area contributed by atoms with Crippen LogP contribution in [0.1, 0.15) is 0 Å². The summed E-state index contributed by atoms with van der Waals surface area (Å²) in [6.45, 7) is 0. The fourth-order valence-electron chi connectivity index (χ4n) is 1.46. The molecule has 2 aromatic heterocycles. The average molecular weight is 263 g/mol. The van der Waals surface area contributed by atoms with E-state index in [1.165, 1.54) is 0 Å². The van der Waals surface area contributed by atoms with Gasteiger partial charge < -0.3 is 5.32 Å². The summed E-state index contributed by atoms with van der Waals surface area (Å²) in [5.41, 5.74) is 3.74. The van der Waals surface area contributed by atoms with Crippen LogP contribution in [0.25, 0.3) is 10.2 Å². The molecule has 1 N–H and O–H groups in total. The lowest BCUT2D eigenvalue weighted by Gasteiger charge is -2.04. The van der Waals surface area contributed by atoms with Crippen molar-refractivity contribution in [2.75, 3.05) is 5.32 Å². The van der Waals surface area contributed by atoms with Gasteiger partial charge in [0.15, 0.2) is 0 Å².